The minimum Gasteiger partial charge on any atom is -0.497 e. The number of nitro benzene ring substituents is 1. The van der Waals surface area contributed by atoms with Crippen molar-refractivity contribution in [2.75, 3.05) is 12.0 Å². The molecule has 0 radical (unpaired) electrons. The molecule has 0 saturated carbocycles. The van der Waals surface area contributed by atoms with E-state index >= 15 is 0 Å². The summed E-state index contributed by atoms with van der Waals surface area (Å²) < 4.78 is 5.81. The van der Waals surface area contributed by atoms with Crippen molar-refractivity contribution in [1.29, 1.82) is 0 Å². The summed E-state index contributed by atoms with van der Waals surface area (Å²) in [7, 11) is 1.47. The number of carbonyl (C=O) groups is 3. The fourth-order valence-corrected chi connectivity index (χ4v) is 3.08. The number of amides is 4. The number of nitrogens with zero attached hydrogens (tertiary/aromatic N) is 2. The number of benzene rings is 2. The largest absolute Gasteiger partial charge is 0.497 e. The van der Waals surface area contributed by atoms with Crippen LogP contribution in [0.25, 0.3) is 6.08 Å². The first kappa shape index (κ1) is 19.2. The number of barbiturate groups is 1. The molecule has 142 valence electrons. The number of ether oxygens (including phenoxy) is 1. The zero-order chi connectivity index (χ0) is 20.4. The van der Waals surface area contributed by atoms with Crippen molar-refractivity contribution in [3.63, 3.8) is 0 Å². The second-order valence-corrected chi connectivity index (χ2v) is 6.57. The molecule has 1 aliphatic heterocycles. The van der Waals surface area contributed by atoms with E-state index in [0.717, 1.165) is 6.07 Å². The predicted octanol–water partition coefficient (Wildman–Crippen LogP) is 3.03. The van der Waals surface area contributed by atoms with E-state index in [-0.39, 0.29) is 16.9 Å². The van der Waals surface area contributed by atoms with Crippen LogP contribution in [0.4, 0.5) is 16.2 Å². The fraction of sp³-hybridized carbons (Fsp3) is 0.0556. The zero-order valence-electron chi connectivity index (χ0n) is 14.3. The van der Waals surface area contributed by atoms with Crippen LogP contribution >= 0.6 is 15.9 Å². The number of hydrogen-bond acceptors (Lipinski definition) is 6. The maximum Gasteiger partial charge on any atom is 0.335 e. The van der Waals surface area contributed by atoms with Crippen LogP contribution in [0, 0.1) is 10.1 Å². The number of anilines is 1. The molecule has 0 aromatic heterocycles. The minimum absolute atomic E-state index is 0.0260. The third-order valence-corrected chi connectivity index (χ3v) is 4.30. The van der Waals surface area contributed by atoms with Crippen molar-refractivity contribution in [3.8, 4) is 5.75 Å². The quantitative estimate of drug-likeness (QED) is 0.334. The molecule has 28 heavy (non-hydrogen) atoms. The first-order chi connectivity index (χ1) is 13.3. The highest BCUT2D eigenvalue weighted by molar-refractivity contribution is 9.10. The lowest BCUT2D eigenvalue weighted by Gasteiger charge is -2.26. The molecule has 3 rings (SSSR count). The number of methoxy groups -OCH3 is 1. The first-order valence-corrected chi connectivity index (χ1v) is 8.60. The molecule has 0 unspecified atom stereocenters. The molecule has 4 amide bonds. The summed E-state index contributed by atoms with van der Waals surface area (Å²) in [6.07, 6.45) is 1.31. The normalized spacial score (nSPS) is 15.6. The Morgan fingerprint density at radius 2 is 1.93 bits per heavy atom. The zero-order valence-corrected chi connectivity index (χ0v) is 15.9. The molecule has 1 fully saturated rings. The maximum absolute atomic E-state index is 12.8. The highest BCUT2D eigenvalue weighted by atomic mass is 79.9. The number of rotatable bonds is 4. The highest BCUT2D eigenvalue weighted by Crippen LogP contribution is 2.27. The van der Waals surface area contributed by atoms with Crippen LogP contribution < -0.4 is 15.0 Å². The second-order valence-electron chi connectivity index (χ2n) is 5.66. The van der Waals surface area contributed by atoms with Gasteiger partial charge in [0.1, 0.15) is 11.3 Å². The number of carbonyl (C=O) groups excluding carboxylic acids is 3. The molecule has 1 aliphatic rings. The Morgan fingerprint density at radius 3 is 2.61 bits per heavy atom. The molecule has 2 aromatic rings. The lowest BCUT2D eigenvalue weighted by atomic mass is 10.1. The summed E-state index contributed by atoms with van der Waals surface area (Å²) in [6.45, 7) is 0. The molecule has 9 nitrogen and oxygen atoms in total. The Bertz CT molecular complexity index is 1050. The van der Waals surface area contributed by atoms with Crippen molar-refractivity contribution in [3.05, 3.63) is 68.2 Å². The number of imide groups is 2. The number of urea groups is 1. The first-order valence-electron chi connectivity index (χ1n) is 7.80. The van der Waals surface area contributed by atoms with Gasteiger partial charge in [-0.25, -0.2) is 9.69 Å². The van der Waals surface area contributed by atoms with Gasteiger partial charge in [-0.3, -0.25) is 25.0 Å². The predicted molar refractivity (Wildman–Crippen MR) is 103 cm³/mol. The topological polar surface area (TPSA) is 119 Å². The van der Waals surface area contributed by atoms with E-state index in [1.807, 2.05) is 0 Å². The molecular formula is C18H12BrN3O6. The van der Waals surface area contributed by atoms with Gasteiger partial charge in [-0.2, -0.15) is 0 Å². The van der Waals surface area contributed by atoms with E-state index in [1.54, 1.807) is 18.2 Å². The van der Waals surface area contributed by atoms with Crippen LogP contribution in [0.3, 0.4) is 0 Å². The maximum atomic E-state index is 12.8. The summed E-state index contributed by atoms with van der Waals surface area (Å²) >= 11 is 3.31. The van der Waals surface area contributed by atoms with E-state index in [4.69, 9.17) is 4.74 Å². The van der Waals surface area contributed by atoms with Gasteiger partial charge in [-0.15, -0.1) is 0 Å². The highest BCUT2D eigenvalue weighted by Gasteiger charge is 2.37. The number of non-ortho nitro benzene ring substituents is 1. The lowest BCUT2D eigenvalue weighted by Crippen LogP contribution is -2.54. The van der Waals surface area contributed by atoms with Crippen LogP contribution in [0.15, 0.2) is 52.5 Å². The van der Waals surface area contributed by atoms with E-state index in [2.05, 4.69) is 21.2 Å². The Labute approximate surface area is 166 Å². The van der Waals surface area contributed by atoms with Crippen LogP contribution in [0.2, 0.25) is 0 Å². The summed E-state index contributed by atoms with van der Waals surface area (Å²) in [4.78, 5) is 48.2. The third-order valence-electron chi connectivity index (χ3n) is 3.84. The molecule has 0 spiro atoms. The van der Waals surface area contributed by atoms with Crippen molar-refractivity contribution < 1.29 is 24.0 Å². The van der Waals surface area contributed by atoms with E-state index in [9.17, 15) is 24.5 Å². The Morgan fingerprint density at radius 1 is 1.18 bits per heavy atom. The van der Waals surface area contributed by atoms with Crippen molar-refractivity contribution in [2.45, 2.75) is 0 Å². The number of hydrogen-bond donors (Lipinski definition) is 1. The van der Waals surface area contributed by atoms with E-state index in [0.29, 0.717) is 20.7 Å². The Balaban J connectivity index is 2.04. The molecule has 0 bridgehead atoms. The lowest BCUT2D eigenvalue weighted by molar-refractivity contribution is -0.384. The second kappa shape index (κ2) is 7.61. The third kappa shape index (κ3) is 3.76. The van der Waals surface area contributed by atoms with Gasteiger partial charge in [-0.05, 0) is 35.9 Å². The monoisotopic (exact) mass is 445 g/mol. The van der Waals surface area contributed by atoms with Crippen LogP contribution in [0.1, 0.15) is 5.56 Å². The van der Waals surface area contributed by atoms with Crippen LogP contribution in [0.5, 0.6) is 5.75 Å². The average molecular weight is 446 g/mol. The fourth-order valence-electron chi connectivity index (χ4n) is 2.59. The molecular weight excluding hydrogens is 434 g/mol. The molecule has 1 N–H and O–H groups in total. The molecule has 10 heteroatoms. The van der Waals surface area contributed by atoms with Gasteiger partial charge in [0.05, 0.1) is 17.7 Å². The summed E-state index contributed by atoms with van der Waals surface area (Å²) in [5.41, 5.74) is -0.136. The van der Waals surface area contributed by atoms with Gasteiger partial charge < -0.3 is 4.74 Å². The SMILES string of the molecule is COc1cc(Br)cc(/C=C2\C(=O)NC(=O)N(c3cccc([N+](=O)[O-])c3)C2=O)c1. The minimum atomic E-state index is -0.987. The van der Waals surface area contributed by atoms with Crippen LogP contribution in [-0.4, -0.2) is 29.9 Å². The Kier molecular flexibility index (Phi) is 5.23. The number of nitrogens with one attached hydrogen (secondary N) is 1. The average Bonchev–Trinajstić information content (AvgIpc) is 2.64. The standard InChI is InChI=1S/C18H12BrN3O6/c1-28-14-6-10(5-11(19)8-14)7-15-16(23)20-18(25)21(17(15)24)12-3-2-4-13(9-12)22(26)27/h2-9H,1H3,(H,20,23,25)/b15-7+. The summed E-state index contributed by atoms with van der Waals surface area (Å²) in [6, 6.07) is 8.98. The van der Waals surface area contributed by atoms with Gasteiger partial charge in [-0.1, -0.05) is 22.0 Å². The molecule has 1 saturated heterocycles. The van der Waals surface area contributed by atoms with Crippen molar-refractivity contribution in [1.82, 2.24) is 5.32 Å². The molecule has 0 aliphatic carbocycles. The number of halogens is 1. The molecule has 2 aromatic carbocycles. The van der Waals surface area contributed by atoms with Gasteiger partial charge in [0, 0.05) is 16.6 Å². The van der Waals surface area contributed by atoms with E-state index in [1.165, 1.54) is 31.4 Å². The Hall–Kier alpha value is -3.53. The van der Waals surface area contributed by atoms with Crippen molar-refractivity contribution >= 4 is 51.2 Å². The van der Waals surface area contributed by atoms with Gasteiger partial charge in [0.25, 0.3) is 17.5 Å². The molecule has 0 atom stereocenters. The summed E-state index contributed by atoms with van der Waals surface area (Å²) in [5.74, 6) is -1.26. The molecule has 1 heterocycles. The number of nitro groups is 1. The summed E-state index contributed by atoms with van der Waals surface area (Å²) in [5, 5.41) is 13.0. The van der Waals surface area contributed by atoms with Gasteiger partial charge in [0.2, 0.25) is 0 Å². The van der Waals surface area contributed by atoms with Crippen LogP contribution in [-0.2, 0) is 9.59 Å². The van der Waals surface area contributed by atoms with Gasteiger partial charge in [0.15, 0.2) is 0 Å². The van der Waals surface area contributed by atoms with Crippen molar-refractivity contribution in [2.24, 2.45) is 0 Å². The van der Waals surface area contributed by atoms with Gasteiger partial charge >= 0.3 is 6.03 Å². The van der Waals surface area contributed by atoms with E-state index < -0.39 is 22.8 Å². The smallest absolute Gasteiger partial charge is 0.335 e.